The molecule has 0 saturated heterocycles. The Morgan fingerprint density at radius 1 is 1.09 bits per heavy atom. The molecule has 0 bridgehead atoms. The molecule has 3 aromatic carbocycles. The van der Waals surface area contributed by atoms with Crippen LogP contribution in [0.1, 0.15) is 36.6 Å². The van der Waals surface area contributed by atoms with Gasteiger partial charge in [-0.1, -0.05) is 77.0 Å². The van der Waals surface area contributed by atoms with E-state index in [4.69, 9.17) is 37.7 Å². The summed E-state index contributed by atoms with van der Waals surface area (Å²) in [6.45, 7) is 4.24. The lowest BCUT2D eigenvalue weighted by atomic mass is 9.95. The van der Waals surface area contributed by atoms with Gasteiger partial charge in [0.05, 0.1) is 29.5 Å². The zero-order chi connectivity index (χ0) is 30.2. The number of benzene rings is 3. The van der Waals surface area contributed by atoms with Gasteiger partial charge in [-0.3, -0.25) is 9.36 Å². The van der Waals surface area contributed by atoms with Crippen molar-refractivity contribution in [2.24, 2.45) is 4.99 Å². The lowest BCUT2D eigenvalue weighted by molar-refractivity contribution is -0.139. The summed E-state index contributed by atoms with van der Waals surface area (Å²) in [5.41, 5.74) is 4.02. The second kappa shape index (κ2) is 11.9. The molecule has 0 spiro atoms. The number of allylic oxidation sites excluding steroid dienone is 1. The maximum absolute atomic E-state index is 14.2. The highest BCUT2D eigenvalue weighted by atomic mass is 35.5. The van der Waals surface area contributed by atoms with Crippen molar-refractivity contribution < 1.29 is 14.3 Å². The van der Waals surface area contributed by atoms with Gasteiger partial charge in [0.15, 0.2) is 4.80 Å². The van der Waals surface area contributed by atoms with Gasteiger partial charge < -0.3 is 14.0 Å². The first-order chi connectivity index (χ1) is 20.8. The van der Waals surface area contributed by atoms with Crippen LogP contribution in [0.2, 0.25) is 10.0 Å². The average molecular weight is 633 g/mol. The summed E-state index contributed by atoms with van der Waals surface area (Å²) in [6.07, 6.45) is 3.90. The van der Waals surface area contributed by atoms with Crippen molar-refractivity contribution in [3.8, 4) is 5.75 Å². The van der Waals surface area contributed by atoms with E-state index in [0.717, 1.165) is 22.0 Å². The van der Waals surface area contributed by atoms with E-state index in [1.807, 2.05) is 72.9 Å². The first-order valence-electron chi connectivity index (χ1n) is 13.6. The first-order valence-corrected chi connectivity index (χ1v) is 15.2. The predicted octanol–water partition coefficient (Wildman–Crippen LogP) is 6.12. The van der Waals surface area contributed by atoms with Gasteiger partial charge in [0.2, 0.25) is 0 Å². The number of hydrogen-bond acceptors (Lipinski definition) is 6. The van der Waals surface area contributed by atoms with Gasteiger partial charge in [0.25, 0.3) is 5.56 Å². The van der Waals surface area contributed by atoms with Crippen molar-refractivity contribution in [1.29, 1.82) is 0 Å². The standard InChI is InChI=1S/C33H27Cl2N3O4S/c1-4-42-32(40)29-19(2)36-33-38(30(29)24-10-6-8-12-27(24)41-3)31(39)28(43-33)15-21-18-37(26-11-7-5-9-23(21)26)17-20-13-14-22(34)16-25(20)35/h5-16,18,30H,4,17H2,1-3H3. The minimum Gasteiger partial charge on any atom is -0.496 e. The van der Waals surface area contributed by atoms with Crippen molar-refractivity contribution in [3.63, 3.8) is 0 Å². The predicted molar refractivity (Wildman–Crippen MR) is 171 cm³/mol. The summed E-state index contributed by atoms with van der Waals surface area (Å²) in [4.78, 5) is 32.6. The van der Waals surface area contributed by atoms with Gasteiger partial charge in [0.1, 0.15) is 11.8 Å². The Morgan fingerprint density at radius 3 is 2.63 bits per heavy atom. The lowest BCUT2D eigenvalue weighted by Gasteiger charge is -2.25. The fourth-order valence-electron chi connectivity index (χ4n) is 5.47. The summed E-state index contributed by atoms with van der Waals surface area (Å²) in [5, 5.41) is 2.15. The van der Waals surface area contributed by atoms with Gasteiger partial charge in [-0.15, -0.1) is 0 Å². The largest absolute Gasteiger partial charge is 0.496 e. The van der Waals surface area contributed by atoms with Crippen molar-refractivity contribution in [2.75, 3.05) is 13.7 Å². The molecule has 1 atom stereocenters. The van der Waals surface area contributed by atoms with Crippen LogP contribution in [-0.4, -0.2) is 28.8 Å². The van der Waals surface area contributed by atoms with Crippen LogP contribution in [0.3, 0.4) is 0 Å². The Balaban J connectivity index is 1.53. The van der Waals surface area contributed by atoms with Gasteiger partial charge in [-0.25, -0.2) is 9.79 Å². The summed E-state index contributed by atoms with van der Waals surface area (Å²) in [5.74, 6) is 0.0420. The molecule has 0 saturated carbocycles. The SMILES string of the molecule is CCOC(=O)C1=C(C)N=c2sc(=Cc3cn(Cc4ccc(Cl)cc4Cl)c4ccccc34)c(=O)n2C1c1ccccc1OC. The van der Waals surface area contributed by atoms with E-state index in [-0.39, 0.29) is 12.2 Å². The number of rotatable bonds is 7. The van der Waals surface area contributed by atoms with Gasteiger partial charge in [0, 0.05) is 44.8 Å². The van der Waals surface area contributed by atoms with Crippen molar-refractivity contribution in [3.05, 3.63) is 131 Å². The molecule has 0 amide bonds. The Morgan fingerprint density at radius 2 is 1.86 bits per heavy atom. The minimum atomic E-state index is -0.762. The van der Waals surface area contributed by atoms with Crippen LogP contribution >= 0.6 is 34.5 Å². The third-order valence-electron chi connectivity index (χ3n) is 7.41. The van der Waals surface area contributed by atoms with E-state index in [0.29, 0.717) is 48.5 Å². The molecule has 0 radical (unpaired) electrons. The van der Waals surface area contributed by atoms with E-state index in [1.54, 1.807) is 31.6 Å². The maximum atomic E-state index is 14.2. The van der Waals surface area contributed by atoms with Crippen LogP contribution in [0.25, 0.3) is 17.0 Å². The van der Waals surface area contributed by atoms with Crippen LogP contribution in [0.15, 0.2) is 94.0 Å². The number of ether oxygens (including phenoxy) is 2. The average Bonchev–Trinajstić information content (AvgIpc) is 3.50. The molecule has 5 aromatic rings. The van der Waals surface area contributed by atoms with E-state index in [2.05, 4.69) is 4.57 Å². The van der Waals surface area contributed by atoms with Crippen LogP contribution < -0.4 is 19.6 Å². The number of nitrogens with zero attached hydrogens (tertiary/aromatic N) is 3. The highest BCUT2D eigenvalue weighted by molar-refractivity contribution is 7.07. The zero-order valence-electron chi connectivity index (χ0n) is 23.6. The fraction of sp³-hybridized carbons (Fsp3) is 0.182. The molecular formula is C33H27Cl2N3O4S. The van der Waals surface area contributed by atoms with Crippen LogP contribution in [0.4, 0.5) is 0 Å². The highest BCUT2D eigenvalue weighted by Gasteiger charge is 2.35. The molecule has 0 fully saturated rings. The number of carbonyl (C=O) groups is 1. The summed E-state index contributed by atoms with van der Waals surface area (Å²) in [6, 6.07) is 20.1. The molecule has 7 nitrogen and oxygen atoms in total. The number of carbonyl (C=O) groups excluding carboxylic acids is 1. The number of thiazole rings is 1. The molecule has 218 valence electrons. The molecule has 1 aliphatic rings. The van der Waals surface area contributed by atoms with Gasteiger partial charge in [-0.2, -0.15) is 0 Å². The van der Waals surface area contributed by atoms with Crippen molar-refractivity contribution in [2.45, 2.75) is 26.4 Å². The van der Waals surface area contributed by atoms with Crippen LogP contribution in [-0.2, 0) is 16.1 Å². The highest BCUT2D eigenvalue weighted by Crippen LogP contribution is 2.35. The molecule has 1 unspecified atom stereocenters. The molecule has 3 heterocycles. The topological polar surface area (TPSA) is 74.8 Å². The Labute approximate surface area is 261 Å². The van der Waals surface area contributed by atoms with E-state index < -0.39 is 12.0 Å². The molecule has 1 aliphatic heterocycles. The van der Waals surface area contributed by atoms with E-state index in [9.17, 15) is 9.59 Å². The fourth-order valence-corrected chi connectivity index (χ4v) is 6.98. The second-order valence-electron chi connectivity index (χ2n) is 10.0. The lowest BCUT2D eigenvalue weighted by Crippen LogP contribution is -2.40. The van der Waals surface area contributed by atoms with Gasteiger partial charge >= 0.3 is 5.97 Å². The number of methoxy groups -OCH3 is 1. The Kier molecular flexibility index (Phi) is 8.01. The number of esters is 1. The molecule has 0 N–H and O–H groups in total. The molecule has 43 heavy (non-hydrogen) atoms. The number of halogens is 2. The second-order valence-corrected chi connectivity index (χ2v) is 11.9. The number of para-hydroxylation sites is 2. The third-order valence-corrected chi connectivity index (χ3v) is 8.98. The number of fused-ring (bicyclic) bond motifs is 2. The quantitative estimate of drug-likeness (QED) is 0.203. The summed E-state index contributed by atoms with van der Waals surface area (Å²) < 4.78 is 15.2. The molecular weight excluding hydrogens is 605 g/mol. The number of hydrogen-bond donors (Lipinski definition) is 0. The van der Waals surface area contributed by atoms with Gasteiger partial charge in [-0.05, 0) is 49.8 Å². The van der Waals surface area contributed by atoms with Crippen LogP contribution in [0, 0.1) is 0 Å². The van der Waals surface area contributed by atoms with Crippen molar-refractivity contribution in [1.82, 2.24) is 9.13 Å². The number of aromatic nitrogens is 2. The summed E-state index contributed by atoms with van der Waals surface area (Å²) >= 11 is 13.9. The van der Waals surface area contributed by atoms with E-state index >= 15 is 0 Å². The monoisotopic (exact) mass is 631 g/mol. The normalized spacial score (nSPS) is 15.0. The first kappa shape index (κ1) is 29.0. The summed E-state index contributed by atoms with van der Waals surface area (Å²) in [7, 11) is 1.57. The Bertz CT molecular complexity index is 2110. The maximum Gasteiger partial charge on any atom is 0.338 e. The van der Waals surface area contributed by atoms with E-state index in [1.165, 1.54) is 11.3 Å². The molecule has 0 aliphatic carbocycles. The molecule has 6 rings (SSSR count). The smallest absolute Gasteiger partial charge is 0.338 e. The Hall–Kier alpha value is -4.11. The van der Waals surface area contributed by atoms with Crippen molar-refractivity contribution >= 4 is 57.5 Å². The minimum absolute atomic E-state index is 0.198. The molecule has 10 heteroatoms. The molecule has 2 aromatic heterocycles. The third kappa shape index (κ3) is 5.31. The zero-order valence-corrected chi connectivity index (χ0v) is 26.0. The van der Waals surface area contributed by atoms with Crippen LogP contribution in [0.5, 0.6) is 5.75 Å².